The molecule has 0 aliphatic carbocycles. The first-order valence-electron chi connectivity index (χ1n) is 9.94. The highest BCUT2D eigenvalue weighted by Crippen LogP contribution is 2.30. The summed E-state index contributed by atoms with van der Waals surface area (Å²) >= 11 is 0. The quantitative estimate of drug-likeness (QED) is 0.765. The fourth-order valence-electron chi connectivity index (χ4n) is 4.03. The average molecular weight is 433 g/mol. The second kappa shape index (κ2) is 8.10. The number of aromatic hydroxyl groups is 1. The zero-order valence-corrected chi connectivity index (χ0v) is 16.7. The fraction of sp³-hybridized carbons (Fsp3) is 0.381. The lowest BCUT2D eigenvalue weighted by Gasteiger charge is -2.45. The minimum absolute atomic E-state index is 0.0615. The SMILES string of the molecule is CC[C@@H]1CCOC2Cn3cc(C(=O)NCc4ccc(F)c(F)c4)c(=O)c(O)c3C(=O)N21. The number of hydrogen-bond donors (Lipinski definition) is 2. The Morgan fingerprint density at radius 2 is 2.06 bits per heavy atom. The molecule has 0 spiro atoms. The van der Waals surface area contributed by atoms with E-state index in [0.717, 1.165) is 12.1 Å². The molecule has 4 rings (SSSR count). The topological polar surface area (TPSA) is 101 Å². The number of ether oxygens (including phenoxy) is 1. The van der Waals surface area contributed by atoms with Crippen LogP contribution in [0.4, 0.5) is 8.78 Å². The average Bonchev–Trinajstić information content (AvgIpc) is 2.76. The third-order valence-corrected chi connectivity index (χ3v) is 5.66. The largest absolute Gasteiger partial charge is 0.503 e. The highest BCUT2D eigenvalue weighted by molar-refractivity contribution is 5.99. The summed E-state index contributed by atoms with van der Waals surface area (Å²) in [7, 11) is 0. The number of nitrogens with zero attached hydrogens (tertiary/aromatic N) is 2. The van der Waals surface area contributed by atoms with Gasteiger partial charge in [0.05, 0.1) is 13.2 Å². The van der Waals surface area contributed by atoms with Gasteiger partial charge in [-0.15, -0.1) is 0 Å². The Kier molecular flexibility index (Phi) is 5.48. The molecule has 2 N–H and O–H groups in total. The summed E-state index contributed by atoms with van der Waals surface area (Å²) < 4.78 is 33.4. The molecule has 2 atom stereocenters. The van der Waals surface area contributed by atoms with E-state index in [-0.39, 0.29) is 30.4 Å². The molecule has 1 aromatic heterocycles. The summed E-state index contributed by atoms with van der Waals surface area (Å²) in [6.45, 7) is 2.43. The summed E-state index contributed by atoms with van der Waals surface area (Å²) in [6.07, 6.45) is 2.03. The van der Waals surface area contributed by atoms with Crippen molar-refractivity contribution in [3.63, 3.8) is 0 Å². The lowest BCUT2D eigenvalue weighted by Crippen LogP contribution is -2.57. The van der Waals surface area contributed by atoms with Crippen molar-refractivity contribution in [1.29, 1.82) is 0 Å². The molecule has 0 radical (unpaired) electrons. The van der Waals surface area contributed by atoms with Crippen LogP contribution in [0, 0.1) is 11.6 Å². The molecular weight excluding hydrogens is 412 g/mol. The first kappa shape index (κ1) is 21.0. The number of carbonyl (C=O) groups is 2. The van der Waals surface area contributed by atoms with E-state index < -0.39 is 40.9 Å². The normalized spacial score (nSPS) is 20.2. The zero-order chi connectivity index (χ0) is 22.3. The molecule has 8 nitrogen and oxygen atoms in total. The molecule has 1 fully saturated rings. The number of fused-ring (bicyclic) bond motifs is 2. The minimum Gasteiger partial charge on any atom is -0.503 e. The standard InChI is InChI=1S/C21H21F2N3O5/c1-2-12-5-6-31-16-10-25-9-13(18(27)19(28)17(25)21(30)26(12)16)20(29)24-8-11-3-4-14(22)15(23)7-11/h3-4,7,9,12,16,28H,2,5-6,8,10H2,1H3,(H,24,29)/t12-,16?/m1/s1. The van der Waals surface area contributed by atoms with Crippen LogP contribution in [0.25, 0.3) is 0 Å². The van der Waals surface area contributed by atoms with E-state index in [2.05, 4.69) is 5.32 Å². The zero-order valence-electron chi connectivity index (χ0n) is 16.7. The predicted molar refractivity (Wildman–Crippen MR) is 105 cm³/mol. The maximum Gasteiger partial charge on any atom is 0.276 e. The Bertz CT molecular complexity index is 1120. The summed E-state index contributed by atoms with van der Waals surface area (Å²) in [5, 5.41) is 12.9. The number of amides is 2. The molecule has 2 aliphatic heterocycles. The Labute approximate surface area is 176 Å². The van der Waals surface area contributed by atoms with Gasteiger partial charge in [-0.2, -0.15) is 0 Å². The van der Waals surface area contributed by atoms with Gasteiger partial charge in [0.1, 0.15) is 5.56 Å². The van der Waals surface area contributed by atoms with Gasteiger partial charge in [-0.3, -0.25) is 14.4 Å². The van der Waals surface area contributed by atoms with Crippen molar-refractivity contribution in [1.82, 2.24) is 14.8 Å². The molecule has 0 bridgehead atoms. The van der Waals surface area contributed by atoms with Gasteiger partial charge in [0.25, 0.3) is 11.8 Å². The van der Waals surface area contributed by atoms with Gasteiger partial charge in [-0.05, 0) is 30.5 Å². The molecule has 164 valence electrons. The van der Waals surface area contributed by atoms with Crippen molar-refractivity contribution in [2.75, 3.05) is 6.61 Å². The van der Waals surface area contributed by atoms with Crippen LogP contribution in [-0.2, 0) is 17.8 Å². The van der Waals surface area contributed by atoms with E-state index in [1.807, 2.05) is 6.92 Å². The van der Waals surface area contributed by atoms with Gasteiger partial charge in [0.2, 0.25) is 5.43 Å². The summed E-state index contributed by atoms with van der Waals surface area (Å²) in [5.74, 6) is -4.21. The van der Waals surface area contributed by atoms with Gasteiger partial charge >= 0.3 is 0 Å². The van der Waals surface area contributed by atoms with Gasteiger partial charge in [-0.25, -0.2) is 8.78 Å². The molecule has 2 aromatic rings. The maximum atomic E-state index is 13.3. The number of halogens is 2. The minimum atomic E-state index is -1.06. The van der Waals surface area contributed by atoms with Crippen LogP contribution in [0.3, 0.4) is 0 Å². The fourth-order valence-corrected chi connectivity index (χ4v) is 4.03. The number of benzene rings is 1. The summed E-state index contributed by atoms with van der Waals surface area (Å²) in [6, 6.07) is 3.11. The predicted octanol–water partition coefficient (Wildman–Crippen LogP) is 1.74. The molecule has 2 aliphatic rings. The molecule has 3 heterocycles. The third-order valence-electron chi connectivity index (χ3n) is 5.66. The van der Waals surface area contributed by atoms with Crippen LogP contribution in [0.5, 0.6) is 5.75 Å². The van der Waals surface area contributed by atoms with Gasteiger partial charge in [0, 0.05) is 18.8 Å². The van der Waals surface area contributed by atoms with Crippen molar-refractivity contribution in [3.8, 4) is 5.75 Å². The molecule has 10 heteroatoms. The first-order chi connectivity index (χ1) is 14.8. The van der Waals surface area contributed by atoms with Crippen LogP contribution in [0.15, 0.2) is 29.2 Å². The van der Waals surface area contributed by atoms with Crippen LogP contribution >= 0.6 is 0 Å². The lowest BCUT2D eigenvalue weighted by atomic mass is 10.0. The van der Waals surface area contributed by atoms with Crippen LogP contribution in [0.1, 0.15) is 46.2 Å². The van der Waals surface area contributed by atoms with E-state index in [4.69, 9.17) is 4.74 Å². The smallest absolute Gasteiger partial charge is 0.276 e. The lowest BCUT2D eigenvalue weighted by molar-refractivity contribution is -0.116. The maximum absolute atomic E-state index is 13.3. The summed E-state index contributed by atoms with van der Waals surface area (Å²) in [5.41, 5.74) is -1.23. The Morgan fingerprint density at radius 1 is 1.29 bits per heavy atom. The molecule has 1 unspecified atom stereocenters. The van der Waals surface area contributed by atoms with Crippen molar-refractivity contribution in [2.24, 2.45) is 0 Å². The van der Waals surface area contributed by atoms with E-state index in [0.29, 0.717) is 25.0 Å². The highest BCUT2D eigenvalue weighted by Gasteiger charge is 2.41. The Morgan fingerprint density at radius 3 is 2.77 bits per heavy atom. The highest BCUT2D eigenvalue weighted by atomic mass is 19.2. The van der Waals surface area contributed by atoms with E-state index >= 15 is 0 Å². The van der Waals surface area contributed by atoms with Gasteiger partial charge in [-0.1, -0.05) is 13.0 Å². The van der Waals surface area contributed by atoms with Crippen molar-refractivity contribution in [3.05, 3.63) is 63.1 Å². The first-order valence-corrected chi connectivity index (χ1v) is 9.94. The Hall–Kier alpha value is -3.27. The van der Waals surface area contributed by atoms with Crippen LogP contribution < -0.4 is 10.7 Å². The molecule has 1 aromatic carbocycles. The van der Waals surface area contributed by atoms with Crippen LogP contribution in [-0.4, -0.2) is 45.3 Å². The molecule has 0 saturated carbocycles. The molecular formula is C21H21F2N3O5. The summed E-state index contributed by atoms with van der Waals surface area (Å²) in [4.78, 5) is 39.7. The third kappa shape index (κ3) is 3.67. The van der Waals surface area contributed by atoms with Crippen molar-refractivity contribution < 1.29 is 28.2 Å². The number of pyridine rings is 1. The second-order valence-electron chi connectivity index (χ2n) is 7.54. The molecule has 1 saturated heterocycles. The Balaban J connectivity index is 1.62. The monoisotopic (exact) mass is 433 g/mol. The van der Waals surface area contributed by atoms with Crippen molar-refractivity contribution >= 4 is 11.8 Å². The van der Waals surface area contributed by atoms with E-state index in [1.165, 1.54) is 16.8 Å². The molecule has 2 amide bonds. The van der Waals surface area contributed by atoms with Gasteiger partial charge in [0.15, 0.2) is 29.3 Å². The van der Waals surface area contributed by atoms with E-state index in [1.54, 1.807) is 4.90 Å². The number of rotatable bonds is 4. The molecule has 31 heavy (non-hydrogen) atoms. The number of nitrogens with one attached hydrogen (secondary N) is 1. The number of hydrogen-bond acceptors (Lipinski definition) is 5. The van der Waals surface area contributed by atoms with Crippen LogP contribution in [0.2, 0.25) is 0 Å². The van der Waals surface area contributed by atoms with E-state index in [9.17, 15) is 28.3 Å². The van der Waals surface area contributed by atoms with Crippen molar-refractivity contribution in [2.45, 2.75) is 45.1 Å². The second-order valence-corrected chi connectivity index (χ2v) is 7.54. The number of aromatic nitrogens is 1. The number of carbonyl (C=O) groups excluding carboxylic acids is 2. The van der Waals surface area contributed by atoms with Gasteiger partial charge < -0.3 is 24.6 Å².